The molecular weight excluding hydrogens is 352 g/mol. The number of rotatable bonds is 5. The first-order valence-electron chi connectivity index (χ1n) is 10.1. The largest absolute Gasteiger partial charge is 0.0770 e. The highest BCUT2D eigenvalue weighted by molar-refractivity contribution is 6.83. The molecule has 0 N–H and O–H groups in total. The van der Waals surface area contributed by atoms with Crippen LogP contribution < -0.4 is 0 Å². The molecule has 0 nitrogen and oxygen atoms in total. The van der Waals surface area contributed by atoms with Gasteiger partial charge in [0.1, 0.15) is 0 Å². The molecular formula is C27H28Si. The molecule has 0 atom stereocenters. The highest BCUT2D eigenvalue weighted by atomic mass is 28.3. The van der Waals surface area contributed by atoms with Crippen LogP contribution in [0, 0.1) is 0 Å². The van der Waals surface area contributed by atoms with Crippen LogP contribution >= 0.6 is 0 Å². The van der Waals surface area contributed by atoms with Crippen molar-refractivity contribution in [1.29, 1.82) is 0 Å². The van der Waals surface area contributed by atoms with Crippen molar-refractivity contribution in [3.63, 3.8) is 0 Å². The van der Waals surface area contributed by atoms with Crippen LogP contribution in [0.25, 0.3) is 0 Å². The average Bonchev–Trinajstić information content (AvgIpc) is 3.22. The van der Waals surface area contributed by atoms with Crippen LogP contribution in [-0.2, 0) is 5.41 Å². The fraction of sp³-hybridized carbons (Fsp3) is 0.185. The SMILES string of the molecule is C[Si](C)(C)C1=CC(C(c2ccccc2)(c2ccccc2)c2ccccc2)=CC1. The number of hydrogen-bond donors (Lipinski definition) is 0. The molecule has 1 aliphatic rings. The van der Waals surface area contributed by atoms with Crippen LogP contribution in [0.15, 0.2) is 114 Å². The van der Waals surface area contributed by atoms with Gasteiger partial charge in [0.2, 0.25) is 0 Å². The zero-order valence-corrected chi connectivity index (χ0v) is 18.0. The van der Waals surface area contributed by atoms with E-state index in [1.807, 2.05) is 0 Å². The zero-order valence-electron chi connectivity index (χ0n) is 17.0. The fourth-order valence-corrected chi connectivity index (χ4v) is 5.68. The second-order valence-corrected chi connectivity index (χ2v) is 13.8. The molecule has 0 saturated carbocycles. The third-order valence-corrected chi connectivity index (χ3v) is 8.16. The molecule has 0 fully saturated rings. The van der Waals surface area contributed by atoms with Gasteiger partial charge in [0, 0.05) is 0 Å². The van der Waals surface area contributed by atoms with E-state index in [4.69, 9.17) is 0 Å². The monoisotopic (exact) mass is 380 g/mol. The maximum absolute atomic E-state index is 2.51. The first-order valence-corrected chi connectivity index (χ1v) is 13.6. The Bertz CT molecular complexity index is 894. The minimum atomic E-state index is -1.34. The summed E-state index contributed by atoms with van der Waals surface area (Å²) < 4.78 is 0. The normalized spacial score (nSPS) is 14.5. The van der Waals surface area contributed by atoms with Crippen molar-refractivity contribution in [2.45, 2.75) is 31.5 Å². The lowest BCUT2D eigenvalue weighted by Crippen LogP contribution is -2.31. The number of hydrogen-bond acceptors (Lipinski definition) is 0. The zero-order chi connectivity index (χ0) is 19.6. The van der Waals surface area contributed by atoms with Crippen molar-refractivity contribution >= 4 is 8.07 Å². The van der Waals surface area contributed by atoms with Gasteiger partial charge in [-0.3, -0.25) is 0 Å². The summed E-state index contributed by atoms with van der Waals surface area (Å²) in [6.45, 7) is 7.35. The van der Waals surface area contributed by atoms with Crippen molar-refractivity contribution in [2.75, 3.05) is 0 Å². The molecule has 28 heavy (non-hydrogen) atoms. The number of allylic oxidation sites excluding steroid dienone is 4. The number of benzene rings is 3. The van der Waals surface area contributed by atoms with Crippen LogP contribution in [0.2, 0.25) is 19.6 Å². The van der Waals surface area contributed by atoms with E-state index in [0.29, 0.717) is 0 Å². The summed E-state index contributed by atoms with van der Waals surface area (Å²) in [4.78, 5) is 0. The fourth-order valence-electron chi connectivity index (χ4n) is 4.37. The van der Waals surface area contributed by atoms with E-state index in [9.17, 15) is 0 Å². The van der Waals surface area contributed by atoms with Gasteiger partial charge < -0.3 is 0 Å². The summed E-state index contributed by atoms with van der Waals surface area (Å²) in [5, 5.41) is 1.63. The predicted octanol–water partition coefficient (Wildman–Crippen LogP) is 7.15. The summed E-state index contributed by atoms with van der Waals surface area (Å²) in [5.41, 5.74) is 5.10. The molecule has 1 heteroatoms. The molecule has 0 aliphatic heterocycles. The van der Waals surface area contributed by atoms with Crippen LogP contribution in [0.3, 0.4) is 0 Å². The summed E-state index contributed by atoms with van der Waals surface area (Å²) in [6, 6.07) is 33.0. The Balaban J connectivity index is 2.05. The highest BCUT2D eigenvalue weighted by Gasteiger charge is 2.41. The van der Waals surface area contributed by atoms with Crippen LogP contribution in [0.5, 0.6) is 0 Å². The van der Waals surface area contributed by atoms with Gasteiger partial charge in [0.15, 0.2) is 0 Å². The van der Waals surface area contributed by atoms with E-state index in [-0.39, 0.29) is 5.41 Å². The molecule has 0 saturated heterocycles. The van der Waals surface area contributed by atoms with Gasteiger partial charge in [0.05, 0.1) is 13.5 Å². The molecule has 0 amide bonds. The first-order chi connectivity index (χ1) is 13.5. The molecule has 0 heterocycles. The Kier molecular flexibility index (Phi) is 4.95. The maximum atomic E-state index is 2.51. The van der Waals surface area contributed by atoms with Crippen LogP contribution in [0.4, 0.5) is 0 Å². The van der Waals surface area contributed by atoms with Gasteiger partial charge in [-0.2, -0.15) is 0 Å². The summed E-state index contributed by atoms with van der Waals surface area (Å²) >= 11 is 0. The van der Waals surface area contributed by atoms with Crippen molar-refractivity contribution < 1.29 is 0 Å². The Morgan fingerprint density at radius 1 is 0.607 bits per heavy atom. The first kappa shape index (κ1) is 18.7. The Morgan fingerprint density at radius 2 is 1.00 bits per heavy atom. The topological polar surface area (TPSA) is 0 Å². The highest BCUT2D eigenvalue weighted by Crippen LogP contribution is 2.48. The molecule has 0 unspecified atom stereocenters. The smallest absolute Gasteiger partial charge is 0.0728 e. The van der Waals surface area contributed by atoms with Gasteiger partial charge in [0.25, 0.3) is 0 Å². The summed E-state index contributed by atoms with van der Waals surface area (Å²) in [7, 11) is -1.34. The molecule has 0 spiro atoms. The molecule has 3 aromatic rings. The molecule has 4 rings (SSSR count). The lowest BCUT2D eigenvalue weighted by molar-refractivity contribution is 0.744. The summed E-state index contributed by atoms with van der Waals surface area (Å²) in [6.07, 6.45) is 6.07. The predicted molar refractivity (Wildman–Crippen MR) is 123 cm³/mol. The third kappa shape index (κ3) is 3.20. The maximum Gasteiger partial charge on any atom is 0.0728 e. The Labute approximate surface area is 170 Å². The van der Waals surface area contributed by atoms with E-state index in [0.717, 1.165) is 6.42 Å². The molecule has 1 aliphatic carbocycles. The molecule has 0 aromatic heterocycles. The molecule has 140 valence electrons. The minimum absolute atomic E-state index is 0.287. The van der Waals surface area contributed by atoms with Gasteiger partial charge in [-0.1, -0.05) is 128 Å². The van der Waals surface area contributed by atoms with E-state index >= 15 is 0 Å². The average molecular weight is 381 g/mol. The van der Waals surface area contributed by atoms with E-state index < -0.39 is 8.07 Å². The third-order valence-electron chi connectivity index (χ3n) is 5.89. The second-order valence-electron chi connectivity index (χ2n) is 8.63. The van der Waals surface area contributed by atoms with Crippen LogP contribution in [-0.4, -0.2) is 8.07 Å². The minimum Gasteiger partial charge on any atom is -0.0770 e. The van der Waals surface area contributed by atoms with Crippen LogP contribution in [0.1, 0.15) is 23.1 Å². The second kappa shape index (κ2) is 7.41. The summed E-state index contributed by atoms with van der Waals surface area (Å²) in [5.74, 6) is 0. The quantitative estimate of drug-likeness (QED) is 0.325. The Hall–Kier alpha value is -2.64. The van der Waals surface area contributed by atoms with E-state index in [1.54, 1.807) is 5.20 Å². The van der Waals surface area contributed by atoms with Crippen molar-refractivity contribution in [2.24, 2.45) is 0 Å². The van der Waals surface area contributed by atoms with E-state index in [1.165, 1.54) is 22.3 Å². The van der Waals surface area contributed by atoms with Crippen molar-refractivity contribution in [3.05, 3.63) is 131 Å². The molecule has 0 radical (unpaired) electrons. The molecule has 0 bridgehead atoms. The van der Waals surface area contributed by atoms with Gasteiger partial charge in [-0.15, -0.1) is 0 Å². The molecule has 3 aromatic carbocycles. The standard InChI is InChI=1S/C27H28Si/c1-28(2,3)26-20-19-25(21-26)27(22-13-7-4-8-14-22,23-15-9-5-10-16-23)24-17-11-6-12-18-24/h4-19,21H,20H2,1-3H3. The van der Waals surface area contributed by atoms with Gasteiger partial charge in [-0.05, 0) is 28.7 Å². The van der Waals surface area contributed by atoms with Gasteiger partial charge >= 0.3 is 0 Å². The lowest BCUT2D eigenvalue weighted by atomic mass is 9.65. The van der Waals surface area contributed by atoms with Crippen molar-refractivity contribution in [1.82, 2.24) is 0 Å². The van der Waals surface area contributed by atoms with Crippen molar-refractivity contribution in [3.8, 4) is 0 Å². The Morgan fingerprint density at radius 3 is 1.32 bits per heavy atom. The van der Waals surface area contributed by atoms with E-state index in [2.05, 4.69) is 123 Å². The lowest BCUT2D eigenvalue weighted by Gasteiger charge is -2.37. The van der Waals surface area contributed by atoms with Gasteiger partial charge in [-0.25, -0.2) is 0 Å².